The first kappa shape index (κ1) is 16.6. The predicted molar refractivity (Wildman–Crippen MR) is 80.0 cm³/mol. The lowest BCUT2D eigenvalue weighted by molar-refractivity contribution is -0.115. The minimum absolute atomic E-state index is 0.0147. The molecule has 2 aliphatic rings. The van der Waals surface area contributed by atoms with Crippen molar-refractivity contribution >= 4 is 0 Å². The van der Waals surface area contributed by atoms with Crippen LogP contribution in [0, 0.1) is 17.2 Å². The molecule has 128 valence electrons. The van der Waals surface area contributed by atoms with Crippen molar-refractivity contribution in [3.63, 3.8) is 0 Å². The first-order chi connectivity index (χ1) is 10.8. The van der Waals surface area contributed by atoms with E-state index in [-0.39, 0.29) is 29.4 Å². The van der Waals surface area contributed by atoms with Gasteiger partial charge in [0.25, 0.3) is 0 Å². The van der Waals surface area contributed by atoms with E-state index < -0.39 is 12.4 Å². The minimum atomic E-state index is -2.98. The Morgan fingerprint density at radius 1 is 1.35 bits per heavy atom. The number of alkyl halides is 2. The Bertz CT molecular complexity index is 579. The van der Waals surface area contributed by atoms with Gasteiger partial charge in [-0.1, -0.05) is 19.9 Å². The summed E-state index contributed by atoms with van der Waals surface area (Å²) in [5.41, 5.74) is 0.518. The zero-order valence-corrected chi connectivity index (χ0v) is 13.5. The van der Waals surface area contributed by atoms with Crippen molar-refractivity contribution in [1.82, 2.24) is 5.32 Å². The average Bonchev–Trinajstić information content (AvgIpc) is 2.91. The van der Waals surface area contributed by atoms with Gasteiger partial charge in [0.1, 0.15) is 11.6 Å². The molecule has 1 saturated carbocycles. The van der Waals surface area contributed by atoms with Gasteiger partial charge in [0.2, 0.25) is 0 Å². The van der Waals surface area contributed by atoms with Crippen molar-refractivity contribution in [2.24, 2.45) is 11.3 Å². The molecule has 1 aliphatic heterocycles. The van der Waals surface area contributed by atoms with Crippen molar-refractivity contribution < 1.29 is 22.6 Å². The van der Waals surface area contributed by atoms with Crippen LogP contribution in [0.1, 0.15) is 38.8 Å². The monoisotopic (exact) mass is 329 g/mol. The Kier molecular flexibility index (Phi) is 4.31. The van der Waals surface area contributed by atoms with Gasteiger partial charge in [-0.15, -0.1) is 0 Å². The van der Waals surface area contributed by atoms with Gasteiger partial charge in [0.05, 0.1) is 6.10 Å². The first-order valence-corrected chi connectivity index (χ1v) is 7.92. The third-order valence-electron chi connectivity index (χ3n) is 5.19. The molecule has 1 aromatic rings. The standard InChI is InChI=1S/C17H22F3NO2/c1-9(11-5-4-10(18)8-13(11)23-16(19)20)21-14-12-6-7-22-15(12)17(14,2)3/h4-5,8-9,12,14-16,21H,6-7H2,1-3H3/t9-,12-,14+,15+/m0/s1. The van der Waals surface area contributed by atoms with E-state index in [0.717, 1.165) is 19.1 Å². The Labute approximate surface area is 134 Å². The average molecular weight is 329 g/mol. The second-order valence-corrected chi connectivity index (χ2v) is 6.99. The summed E-state index contributed by atoms with van der Waals surface area (Å²) in [7, 11) is 0. The van der Waals surface area contributed by atoms with Crippen LogP contribution in [0.5, 0.6) is 5.75 Å². The molecule has 0 spiro atoms. The summed E-state index contributed by atoms with van der Waals surface area (Å²) in [5, 5.41) is 3.50. The number of hydrogen-bond donors (Lipinski definition) is 1. The summed E-state index contributed by atoms with van der Waals surface area (Å²) < 4.78 is 48.7. The Morgan fingerprint density at radius 2 is 2.09 bits per heavy atom. The smallest absolute Gasteiger partial charge is 0.387 e. The summed E-state index contributed by atoms with van der Waals surface area (Å²) in [6.45, 7) is 3.96. The second-order valence-electron chi connectivity index (χ2n) is 6.99. The quantitative estimate of drug-likeness (QED) is 0.889. The molecular formula is C17H22F3NO2. The van der Waals surface area contributed by atoms with E-state index >= 15 is 0 Å². The Morgan fingerprint density at radius 3 is 2.78 bits per heavy atom. The minimum Gasteiger partial charge on any atom is -0.434 e. The molecule has 1 N–H and O–H groups in total. The van der Waals surface area contributed by atoms with E-state index in [9.17, 15) is 13.2 Å². The summed E-state index contributed by atoms with van der Waals surface area (Å²) in [6, 6.07) is 3.77. The van der Waals surface area contributed by atoms with Crippen LogP contribution < -0.4 is 10.1 Å². The van der Waals surface area contributed by atoms with Gasteiger partial charge in [0.15, 0.2) is 0 Å². The van der Waals surface area contributed by atoms with Gasteiger partial charge < -0.3 is 14.8 Å². The number of halogens is 3. The van der Waals surface area contributed by atoms with Gasteiger partial charge in [-0.05, 0) is 19.4 Å². The maximum absolute atomic E-state index is 13.3. The van der Waals surface area contributed by atoms with E-state index in [1.54, 1.807) is 0 Å². The molecule has 2 fully saturated rings. The third kappa shape index (κ3) is 2.94. The largest absolute Gasteiger partial charge is 0.434 e. The number of benzene rings is 1. The highest BCUT2D eigenvalue weighted by Gasteiger charge is 2.59. The Balaban J connectivity index is 1.77. The van der Waals surface area contributed by atoms with Crippen LogP contribution in [-0.2, 0) is 4.74 Å². The molecule has 1 saturated heterocycles. The number of hydrogen-bond acceptors (Lipinski definition) is 3. The summed E-state index contributed by atoms with van der Waals surface area (Å²) in [5.74, 6) is -0.270. The van der Waals surface area contributed by atoms with Gasteiger partial charge in [-0.25, -0.2) is 4.39 Å². The maximum atomic E-state index is 13.3. The molecule has 1 aromatic carbocycles. The molecule has 6 heteroatoms. The number of fused-ring (bicyclic) bond motifs is 1. The van der Waals surface area contributed by atoms with Crippen molar-refractivity contribution in [3.8, 4) is 5.75 Å². The van der Waals surface area contributed by atoms with Crippen molar-refractivity contribution in [2.45, 2.75) is 52.0 Å². The molecular weight excluding hydrogens is 307 g/mol. The van der Waals surface area contributed by atoms with Crippen LogP contribution in [0.2, 0.25) is 0 Å². The fraction of sp³-hybridized carbons (Fsp3) is 0.647. The molecule has 23 heavy (non-hydrogen) atoms. The van der Waals surface area contributed by atoms with Gasteiger partial charge >= 0.3 is 6.61 Å². The van der Waals surface area contributed by atoms with Crippen LogP contribution in [0.15, 0.2) is 18.2 Å². The van der Waals surface area contributed by atoms with Gasteiger partial charge in [0, 0.05) is 41.7 Å². The summed E-state index contributed by atoms with van der Waals surface area (Å²) >= 11 is 0. The number of nitrogens with one attached hydrogen (secondary N) is 1. The predicted octanol–water partition coefficient (Wildman–Crippen LogP) is 3.89. The molecule has 3 rings (SSSR count). The highest BCUT2D eigenvalue weighted by molar-refractivity contribution is 5.36. The topological polar surface area (TPSA) is 30.5 Å². The van der Waals surface area contributed by atoms with Crippen molar-refractivity contribution in [1.29, 1.82) is 0 Å². The maximum Gasteiger partial charge on any atom is 0.387 e. The SMILES string of the molecule is C[C@H](N[C@@H]1[C@@H]2CCO[C@H]2C1(C)C)c1ccc(F)cc1OC(F)F. The lowest BCUT2D eigenvalue weighted by atomic mass is 9.57. The van der Waals surface area contributed by atoms with E-state index in [4.69, 9.17) is 4.74 Å². The van der Waals surface area contributed by atoms with Crippen LogP contribution in [0.3, 0.4) is 0 Å². The van der Waals surface area contributed by atoms with Crippen molar-refractivity contribution in [2.75, 3.05) is 6.61 Å². The highest BCUT2D eigenvalue weighted by atomic mass is 19.3. The normalized spacial score (nSPS) is 30.0. The third-order valence-corrected chi connectivity index (χ3v) is 5.19. The van der Waals surface area contributed by atoms with Crippen molar-refractivity contribution in [3.05, 3.63) is 29.6 Å². The molecule has 1 heterocycles. The lowest BCUT2D eigenvalue weighted by Crippen LogP contribution is -2.66. The fourth-order valence-electron chi connectivity index (χ4n) is 4.09. The van der Waals surface area contributed by atoms with E-state index in [1.807, 2.05) is 6.92 Å². The highest BCUT2D eigenvalue weighted by Crippen LogP contribution is 2.52. The zero-order valence-electron chi connectivity index (χ0n) is 13.5. The fourth-order valence-corrected chi connectivity index (χ4v) is 4.09. The van der Waals surface area contributed by atoms with Crippen LogP contribution in [0.25, 0.3) is 0 Å². The molecule has 0 unspecified atom stereocenters. The van der Waals surface area contributed by atoms with E-state index in [1.165, 1.54) is 12.1 Å². The van der Waals surface area contributed by atoms with E-state index in [0.29, 0.717) is 11.5 Å². The molecule has 4 atom stereocenters. The Hall–Kier alpha value is -1.27. The summed E-state index contributed by atoms with van der Waals surface area (Å²) in [4.78, 5) is 0. The number of ether oxygens (including phenoxy) is 2. The molecule has 0 radical (unpaired) electrons. The van der Waals surface area contributed by atoms with Gasteiger partial charge in [-0.2, -0.15) is 8.78 Å². The van der Waals surface area contributed by atoms with Gasteiger partial charge in [-0.3, -0.25) is 0 Å². The van der Waals surface area contributed by atoms with Crippen LogP contribution in [-0.4, -0.2) is 25.4 Å². The lowest BCUT2D eigenvalue weighted by Gasteiger charge is -2.55. The second kappa shape index (κ2) is 5.98. The molecule has 1 aliphatic carbocycles. The van der Waals surface area contributed by atoms with Crippen LogP contribution in [0.4, 0.5) is 13.2 Å². The molecule has 0 amide bonds. The number of rotatable bonds is 5. The summed E-state index contributed by atoms with van der Waals surface area (Å²) in [6.07, 6.45) is 1.25. The van der Waals surface area contributed by atoms with Crippen LogP contribution >= 0.6 is 0 Å². The molecule has 0 bridgehead atoms. The zero-order chi connectivity index (χ0) is 16.8. The molecule has 3 nitrogen and oxygen atoms in total. The molecule has 0 aromatic heterocycles. The van der Waals surface area contributed by atoms with E-state index in [2.05, 4.69) is 23.9 Å². The first-order valence-electron chi connectivity index (χ1n) is 7.92.